The summed E-state index contributed by atoms with van der Waals surface area (Å²) < 4.78 is 13.5. The van der Waals surface area contributed by atoms with Crippen molar-refractivity contribution in [2.75, 3.05) is 19.6 Å². The number of benzene rings is 2. The zero-order chi connectivity index (χ0) is 27.6. The molecular weight excluding hydrogens is 529 g/mol. The fraction of sp³-hybridized carbons (Fsp3) is 0.400. The average molecular weight is 562 g/mol. The van der Waals surface area contributed by atoms with Gasteiger partial charge in [-0.2, -0.15) is 0 Å². The Morgan fingerprint density at radius 2 is 1.80 bits per heavy atom. The zero-order valence-electron chi connectivity index (χ0n) is 22.0. The van der Waals surface area contributed by atoms with Crippen molar-refractivity contribution in [1.29, 1.82) is 0 Å². The zero-order valence-corrected chi connectivity index (χ0v) is 22.8. The summed E-state index contributed by atoms with van der Waals surface area (Å²) in [7, 11) is 0. The first-order chi connectivity index (χ1) is 19.4. The van der Waals surface area contributed by atoms with Crippen LogP contribution in [0.1, 0.15) is 36.0 Å². The number of carbonyl (C=O) groups excluding carboxylic acids is 3. The lowest BCUT2D eigenvalue weighted by atomic mass is 10.1. The molecule has 0 bridgehead atoms. The number of carbonyl (C=O) groups is 3. The Morgan fingerprint density at radius 1 is 1.02 bits per heavy atom. The standard InChI is InChI=1S/C30H32FN5O3S/c31-22-12-25(32-14-22)28(38)35-23-13-24(36(17-23)30(39)21-10-11-21)15-33-27(37)19-8-6-18(7-9-19)26-16-34-29(40-26)20-4-2-1-3-5-20/h1-9,16,21-25,32H,10-15,17H2,(H,33,37)(H,35,38)/t22-,23+,24+,25-/m0/s1. The van der Waals surface area contributed by atoms with Crippen LogP contribution in [0, 0.1) is 5.92 Å². The molecule has 0 radical (unpaired) electrons. The highest BCUT2D eigenvalue weighted by Gasteiger charge is 2.42. The maximum absolute atomic E-state index is 13.5. The number of likely N-dealkylation sites (tertiary alicyclic amines) is 1. The molecular formula is C30H32FN5O3S. The second-order valence-electron chi connectivity index (χ2n) is 10.8. The summed E-state index contributed by atoms with van der Waals surface area (Å²) in [5, 5.41) is 9.83. The van der Waals surface area contributed by atoms with Gasteiger partial charge in [0.25, 0.3) is 5.91 Å². The fourth-order valence-electron chi connectivity index (χ4n) is 5.46. The molecule has 3 N–H and O–H groups in total. The van der Waals surface area contributed by atoms with Crippen LogP contribution in [0.5, 0.6) is 0 Å². The Hall–Kier alpha value is -3.63. The summed E-state index contributed by atoms with van der Waals surface area (Å²) >= 11 is 1.60. The number of alkyl halides is 1. The van der Waals surface area contributed by atoms with E-state index in [1.165, 1.54) is 0 Å². The molecule has 2 aromatic carbocycles. The molecule has 2 saturated heterocycles. The normalized spacial score (nSPS) is 24.2. The van der Waals surface area contributed by atoms with E-state index in [9.17, 15) is 18.8 Å². The van der Waals surface area contributed by atoms with Crippen molar-refractivity contribution in [3.8, 4) is 21.0 Å². The molecule has 3 aromatic rings. The van der Waals surface area contributed by atoms with Crippen LogP contribution in [-0.4, -0.2) is 71.5 Å². The van der Waals surface area contributed by atoms with Crippen molar-refractivity contribution in [1.82, 2.24) is 25.8 Å². The van der Waals surface area contributed by atoms with Gasteiger partial charge in [-0.05, 0) is 37.0 Å². The van der Waals surface area contributed by atoms with E-state index in [0.717, 1.165) is 33.9 Å². The van der Waals surface area contributed by atoms with Crippen molar-refractivity contribution in [3.05, 3.63) is 66.4 Å². The van der Waals surface area contributed by atoms with Gasteiger partial charge in [0.05, 0.1) is 17.0 Å². The molecule has 1 aromatic heterocycles. The molecule has 3 amide bonds. The lowest BCUT2D eigenvalue weighted by molar-refractivity contribution is -0.133. The number of nitrogens with one attached hydrogen (secondary N) is 3. The van der Waals surface area contributed by atoms with Gasteiger partial charge in [-0.15, -0.1) is 11.3 Å². The Labute approximate surface area is 236 Å². The van der Waals surface area contributed by atoms with Crippen LogP contribution >= 0.6 is 11.3 Å². The fourth-order valence-corrected chi connectivity index (χ4v) is 6.39. The van der Waals surface area contributed by atoms with E-state index in [4.69, 9.17) is 0 Å². The third-order valence-corrected chi connectivity index (χ3v) is 8.92. The van der Waals surface area contributed by atoms with Gasteiger partial charge < -0.3 is 20.9 Å². The molecule has 3 aliphatic rings. The summed E-state index contributed by atoms with van der Waals surface area (Å²) in [6, 6.07) is 16.5. The largest absolute Gasteiger partial charge is 0.350 e. The summed E-state index contributed by atoms with van der Waals surface area (Å²) in [5.41, 5.74) is 2.59. The number of amides is 3. The van der Waals surface area contributed by atoms with Crippen molar-refractivity contribution in [3.63, 3.8) is 0 Å². The quantitative estimate of drug-likeness (QED) is 0.391. The van der Waals surface area contributed by atoms with Gasteiger partial charge in [-0.1, -0.05) is 42.5 Å². The highest BCUT2D eigenvalue weighted by atomic mass is 32.1. The van der Waals surface area contributed by atoms with Crippen molar-refractivity contribution in [2.45, 2.75) is 50.0 Å². The van der Waals surface area contributed by atoms with E-state index in [1.54, 1.807) is 28.4 Å². The van der Waals surface area contributed by atoms with Crippen LogP contribution in [0.4, 0.5) is 4.39 Å². The van der Waals surface area contributed by atoms with Crippen LogP contribution in [0.15, 0.2) is 60.8 Å². The molecule has 10 heteroatoms. The number of rotatable bonds is 8. The molecule has 0 spiro atoms. The smallest absolute Gasteiger partial charge is 0.251 e. The number of halogens is 1. The van der Waals surface area contributed by atoms with E-state index >= 15 is 0 Å². The summed E-state index contributed by atoms with van der Waals surface area (Å²) in [5.74, 6) is -0.317. The van der Waals surface area contributed by atoms with Crippen LogP contribution < -0.4 is 16.0 Å². The van der Waals surface area contributed by atoms with Crippen molar-refractivity contribution >= 4 is 29.1 Å². The van der Waals surface area contributed by atoms with Crippen LogP contribution in [0.2, 0.25) is 0 Å². The summed E-state index contributed by atoms with van der Waals surface area (Å²) in [4.78, 5) is 45.9. The minimum Gasteiger partial charge on any atom is -0.350 e. The predicted molar refractivity (Wildman–Crippen MR) is 151 cm³/mol. The molecule has 1 saturated carbocycles. The first-order valence-electron chi connectivity index (χ1n) is 13.8. The molecule has 8 nitrogen and oxygen atoms in total. The molecule has 6 rings (SSSR count). The SMILES string of the molecule is O=C(NC[C@H]1C[C@@H](NC(=O)[C@@H]2C[C@H](F)CN2)CN1C(=O)C1CC1)c1ccc(-c2cnc(-c3ccccc3)s2)cc1. The number of thiazole rings is 1. The number of aromatic nitrogens is 1. The van der Waals surface area contributed by atoms with Gasteiger partial charge in [0.1, 0.15) is 11.2 Å². The molecule has 40 heavy (non-hydrogen) atoms. The Balaban J connectivity index is 1.06. The Kier molecular flexibility index (Phi) is 7.62. The van der Waals surface area contributed by atoms with E-state index in [-0.39, 0.29) is 48.7 Å². The molecule has 3 fully saturated rings. The minimum atomic E-state index is -1.02. The van der Waals surface area contributed by atoms with Gasteiger partial charge in [0, 0.05) is 55.3 Å². The molecule has 1 aliphatic carbocycles. The van der Waals surface area contributed by atoms with E-state index in [2.05, 4.69) is 20.9 Å². The van der Waals surface area contributed by atoms with Gasteiger partial charge >= 0.3 is 0 Å². The lowest BCUT2D eigenvalue weighted by Crippen LogP contribution is -2.46. The van der Waals surface area contributed by atoms with Gasteiger partial charge in [0.2, 0.25) is 11.8 Å². The number of hydrogen-bond donors (Lipinski definition) is 3. The third-order valence-electron chi connectivity index (χ3n) is 7.82. The molecule has 3 heterocycles. The monoisotopic (exact) mass is 561 g/mol. The van der Waals surface area contributed by atoms with Crippen LogP contribution in [-0.2, 0) is 9.59 Å². The molecule has 4 atom stereocenters. The second-order valence-corrected chi connectivity index (χ2v) is 11.9. The Bertz CT molecular complexity index is 1380. The lowest BCUT2D eigenvalue weighted by Gasteiger charge is -2.25. The Morgan fingerprint density at radius 3 is 2.50 bits per heavy atom. The van der Waals surface area contributed by atoms with E-state index < -0.39 is 12.2 Å². The van der Waals surface area contributed by atoms with Gasteiger partial charge in [-0.25, -0.2) is 9.37 Å². The van der Waals surface area contributed by atoms with Crippen molar-refractivity contribution < 1.29 is 18.8 Å². The highest BCUT2D eigenvalue weighted by Crippen LogP contribution is 2.34. The van der Waals surface area contributed by atoms with E-state index in [0.29, 0.717) is 25.1 Å². The molecule has 0 unspecified atom stereocenters. The maximum Gasteiger partial charge on any atom is 0.251 e. The van der Waals surface area contributed by atoms with Gasteiger partial charge in [0.15, 0.2) is 0 Å². The first kappa shape index (κ1) is 26.6. The maximum atomic E-state index is 13.5. The predicted octanol–water partition coefficient (Wildman–Crippen LogP) is 3.40. The topological polar surface area (TPSA) is 103 Å². The highest BCUT2D eigenvalue weighted by molar-refractivity contribution is 7.18. The summed E-state index contributed by atoms with van der Waals surface area (Å²) in [6.07, 6.45) is 3.31. The molecule has 208 valence electrons. The average Bonchev–Trinajstić information content (AvgIpc) is 3.34. The second kappa shape index (κ2) is 11.5. The van der Waals surface area contributed by atoms with Crippen LogP contribution in [0.25, 0.3) is 21.0 Å². The molecule has 2 aliphatic heterocycles. The first-order valence-corrected chi connectivity index (χ1v) is 14.6. The van der Waals surface area contributed by atoms with Crippen LogP contribution in [0.3, 0.4) is 0 Å². The number of nitrogens with zero attached hydrogens (tertiary/aromatic N) is 2. The summed E-state index contributed by atoms with van der Waals surface area (Å²) in [6.45, 7) is 0.889. The number of hydrogen-bond acceptors (Lipinski definition) is 6. The van der Waals surface area contributed by atoms with E-state index in [1.807, 2.05) is 48.7 Å². The van der Waals surface area contributed by atoms with Gasteiger partial charge in [-0.3, -0.25) is 14.4 Å². The van der Waals surface area contributed by atoms with Crippen molar-refractivity contribution in [2.24, 2.45) is 5.92 Å². The minimum absolute atomic E-state index is 0.0399. The third kappa shape index (κ3) is 5.93.